The normalized spacial score (nSPS) is 11.9. The van der Waals surface area contributed by atoms with E-state index in [2.05, 4.69) is 9.98 Å². The summed E-state index contributed by atoms with van der Waals surface area (Å²) in [5, 5.41) is 0.775. The molecule has 0 aliphatic heterocycles. The van der Waals surface area contributed by atoms with Crippen LogP contribution >= 0.6 is 22.7 Å². The van der Waals surface area contributed by atoms with Gasteiger partial charge in [-0.15, -0.1) is 11.3 Å². The van der Waals surface area contributed by atoms with Crippen molar-refractivity contribution in [3.05, 3.63) is 44.4 Å². The number of hydrogen-bond donors (Lipinski definition) is 0. The van der Waals surface area contributed by atoms with Gasteiger partial charge in [-0.05, 0) is 32.0 Å². The van der Waals surface area contributed by atoms with Crippen molar-refractivity contribution in [2.24, 2.45) is 4.99 Å². The number of carbonyl (C=O) groups is 2. The summed E-state index contributed by atoms with van der Waals surface area (Å²) in [4.78, 5) is 33.3. The van der Waals surface area contributed by atoms with Gasteiger partial charge in [0.2, 0.25) is 0 Å². The smallest absolute Gasteiger partial charge is 0.325 e. The van der Waals surface area contributed by atoms with Crippen LogP contribution in [0.5, 0.6) is 0 Å². The molecule has 0 aliphatic carbocycles. The number of aryl methyl sites for hydroxylation is 2. The van der Waals surface area contributed by atoms with Crippen LogP contribution in [-0.2, 0) is 16.1 Å². The van der Waals surface area contributed by atoms with Crippen LogP contribution in [0.15, 0.2) is 23.2 Å². The van der Waals surface area contributed by atoms with Gasteiger partial charge in [-0.2, -0.15) is 4.99 Å². The molecule has 2 heterocycles. The minimum Gasteiger partial charge on any atom is -0.468 e. The molecule has 1 aromatic carbocycles. The second kappa shape index (κ2) is 6.85. The van der Waals surface area contributed by atoms with Crippen molar-refractivity contribution in [3.63, 3.8) is 0 Å². The van der Waals surface area contributed by atoms with E-state index in [0.717, 1.165) is 16.3 Å². The highest BCUT2D eigenvalue weighted by Gasteiger charge is 2.16. The van der Waals surface area contributed by atoms with E-state index in [9.17, 15) is 14.0 Å². The van der Waals surface area contributed by atoms with E-state index in [1.54, 1.807) is 17.6 Å². The number of benzene rings is 1. The van der Waals surface area contributed by atoms with Gasteiger partial charge in [-0.25, -0.2) is 9.37 Å². The first-order chi connectivity index (χ1) is 11.9. The number of aromatic nitrogens is 2. The first-order valence-electron chi connectivity index (χ1n) is 7.28. The topological polar surface area (TPSA) is 73.6 Å². The monoisotopic (exact) mass is 379 g/mol. The van der Waals surface area contributed by atoms with Crippen LogP contribution in [0.4, 0.5) is 4.39 Å². The summed E-state index contributed by atoms with van der Waals surface area (Å²) in [5.41, 5.74) is 1.23. The molecule has 0 N–H and O–H groups in total. The van der Waals surface area contributed by atoms with Crippen LogP contribution in [0.25, 0.3) is 10.2 Å². The lowest BCUT2D eigenvalue weighted by molar-refractivity contribution is -0.141. The summed E-state index contributed by atoms with van der Waals surface area (Å²) in [6, 6.07) is 4.19. The third-order valence-electron chi connectivity index (χ3n) is 3.45. The van der Waals surface area contributed by atoms with Gasteiger partial charge in [0, 0.05) is 0 Å². The minimum atomic E-state index is -0.484. The minimum absolute atomic E-state index is 0.116. The zero-order valence-electron chi connectivity index (χ0n) is 13.7. The van der Waals surface area contributed by atoms with Gasteiger partial charge in [0.1, 0.15) is 17.2 Å². The molecule has 9 heteroatoms. The Kier molecular flexibility index (Phi) is 4.78. The number of nitrogens with zero attached hydrogens (tertiary/aromatic N) is 3. The maximum atomic E-state index is 13.5. The fourth-order valence-electron chi connectivity index (χ4n) is 2.35. The lowest BCUT2D eigenvalue weighted by atomic mass is 10.3. The number of fused-ring (bicyclic) bond motifs is 1. The standard InChI is InChI=1S/C16H14FN3O3S2/c1-8-14(24-9(2)18-8)15(22)19-16-20(7-13(21)23-3)11-5-4-10(17)6-12(11)25-16/h4-6H,7H2,1-3H3. The molecule has 0 bridgehead atoms. The quantitative estimate of drug-likeness (QED) is 0.656. The van der Waals surface area contributed by atoms with Gasteiger partial charge in [0.15, 0.2) is 4.80 Å². The molecule has 3 aromatic rings. The highest BCUT2D eigenvalue weighted by Crippen LogP contribution is 2.20. The Morgan fingerprint density at radius 1 is 1.32 bits per heavy atom. The lowest BCUT2D eigenvalue weighted by Crippen LogP contribution is -2.22. The average Bonchev–Trinajstić information content (AvgIpc) is 3.06. The summed E-state index contributed by atoms with van der Waals surface area (Å²) in [6.07, 6.45) is 0. The zero-order chi connectivity index (χ0) is 18.1. The lowest BCUT2D eigenvalue weighted by Gasteiger charge is -2.03. The first kappa shape index (κ1) is 17.4. The first-order valence-corrected chi connectivity index (χ1v) is 8.91. The molecular weight excluding hydrogens is 365 g/mol. The van der Waals surface area contributed by atoms with Gasteiger partial charge in [-0.1, -0.05) is 11.3 Å². The van der Waals surface area contributed by atoms with E-state index in [4.69, 9.17) is 4.74 Å². The molecule has 3 rings (SSSR count). The Labute approximate surface area is 150 Å². The molecule has 25 heavy (non-hydrogen) atoms. The molecule has 0 radical (unpaired) electrons. The van der Waals surface area contributed by atoms with Gasteiger partial charge >= 0.3 is 5.97 Å². The number of thiazole rings is 2. The van der Waals surface area contributed by atoms with Crippen LogP contribution in [-0.4, -0.2) is 28.5 Å². The van der Waals surface area contributed by atoms with Crippen molar-refractivity contribution < 1.29 is 18.7 Å². The van der Waals surface area contributed by atoms with E-state index in [1.807, 2.05) is 6.92 Å². The Morgan fingerprint density at radius 3 is 2.72 bits per heavy atom. The van der Waals surface area contributed by atoms with Crippen LogP contribution in [0, 0.1) is 19.7 Å². The summed E-state index contributed by atoms with van der Waals surface area (Å²) in [5.74, 6) is -1.32. The van der Waals surface area contributed by atoms with Crippen molar-refractivity contribution in [3.8, 4) is 0 Å². The predicted octanol–water partition coefficient (Wildman–Crippen LogP) is 2.83. The Hall–Kier alpha value is -2.39. The average molecular weight is 379 g/mol. The second-order valence-corrected chi connectivity index (χ2v) is 7.44. The highest BCUT2D eigenvalue weighted by atomic mass is 32.1. The summed E-state index contributed by atoms with van der Waals surface area (Å²) < 4.78 is 20.3. The van der Waals surface area contributed by atoms with E-state index in [-0.39, 0.29) is 6.54 Å². The largest absolute Gasteiger partial charge is 0.468 e. The molecule has 0 unspecified atom stereocenters. The van der Waals surface area contributed by atoms with Crippen LogP contribution < -0.4 is 4.80 Å². The number of amides is 1. The molecule has 0 fully saturated rings. The van der Waals surface area contributed by atoms with Crippen LogP contribution in [0.1, 0.15) is 20.4 Å². The van der Waals surface area contributed by atoms with Crippen molar-refractivity contribution in [2.45, 2.75) is 20.4 Å². The fraction of sp³-hybridized carbons (Fsp3) is 0.250. The summed E-state index contributed by atoms with van der Waals surface area (Å²) in [7, 11) is 1.28. The highest BCUT2D eigenvalue weighted by molar-refractivity contribution is 7.16. The maximum Gasteiger partial charge on any atom is 0.325 e. The van der Waals surface area contributed by atoms with Gasteiger partial charge in [-0.3, -0.25) is 9.59 Å². The predicted molar refractivity (Wildman–Crippen MR) is 93.3 cm³/mol. The van der Waals surface area contributed by atoms with Gasteiger partial charge in [0.25, 0.3) is 5.91 Å². The Morgan fingerprint density at radius 2 is 2.08 bits per heavy atom. The molecule has 1 amide bonds. The van der Waals surface area contributed by atoms with Crippen LogP contribution in [0.3, 0.4) is 0 Å². The number of hydrogen-bond acceptors (Lipinski definition) is 6. The molecule has 0 saturated heterocycles. The third kappa shape index (κ3) is 3.52. The summed E-state index contributed by atoms with van der Waals surface area (Å²) in [6.45, 7) is 3.44. The number of halogens is 1. The maximum absolute atomic E-state index is 13.5. The number of esters is 1. The van der Waals surface area contributed by atoms with E-state index >= 15 is 0 Å². The number of methoxy groups -OCH3 is 1. The molecule has 130 valence electrons. The molecule has 6 nitrogen and oxygen atoms in total. The molecule has 0 atom stereocenters. The van der Waals surface area contributed by atoms with E-state index < -0.39 is 17.7 Å². The van der Waals surface area contributed by atoms with Crippen molar-refractivity contribution in [1.29, 1.82) is 0 Å². The van der Waals surface area contributed by atoms with Crippen molar-refractivity contribution in [1.82, 2.24) is 9.55 Å². The molecule has 0 saturated carbocycles. The Balaban J connectivity index is 2.16. The molecule has 0 aliphatic rings. The van der Waals surface area contributed by atoms with Crippen molar-refractivity contribution >= 4 is 44.8 Å². The van der Waals surface area contributed by atoms with Gasteiger partial charge in [0.05, 0.1) is 28.0 Å². The molecule has 2 aromatic heterocycles. The molecular formula is C16H14FN3O3S2. The van der Waals surface area contributed by atoms with Crippen molar-refractivity contribution in [2.75, 3.05) is 7.11 Å². The number of rotatable bonds is 3. The van der Waals surface area contributed by atoms with E-state index in [0.29, 0.717) is 25.6 Å². The SMILES string of the molecule is COC(=O)Cn1c(=NC(=O)c2sc(C)nc2C)sc2cc(F)ccc21. The second-order valence-electron chi connectivity index (χ2n) is 5.22. The Bertz CT molecular complexity index is 1050. The molecule has 0 spiro atoms. The van der Waals surface area contributed by atoms with Crippen LogP contribution in [0.2, 0.25) is 0 Å². The van der Waals surface area contributed by atoms with Gasteiger partial charge < -0.3 is 9.30 Å². The summed E-state index contributed by atoms with van der Waals surface area (Å²) >= 11 is 2.40. The fourth-order valence-corrected chi connectivity index (χ4v) is 4.20. The number of ether oxygens (including phenoxy) is 1. The van der Waals surface area contributed by atoms with E-state index in [1.165, 1.54) is 30.6 Å². The third-order valence-corrected chi connectivity index (χ3v) is 5.56. The number of carbonyl (C=O) groups excluding carboxylic acids is 2. The zero-order valence-corrected chi connectivity index (χ0v) is 15.3.